The number of carbonyl (C=O) groups is 1. The molecule has 0 aromatic heterocycles. The molecule has 1 heterocycles. The highest BCUT2D eigenvalue weighted by atomic mass is 32.2. The maximum Gasteiger partial charge on any atom is 0.166 e. The fourth-order valence-corrected chi connectivity index (χ4v) is 3.89. The minimum absolute atomic E-state index is 0.0316. The molecule has 2 heteroatoms. The number of carbonyl (C=O) groups excluding carboxylic acids is 1. The van der Waals surface area contributed by atoms with Gasteiger partial charge in [0.05, 0.1) is 5.75 Å². The number of allylic oxidation sites excluding steroid dienone is 8. The van der Waals surface area contributed by atoms with Gasteiger partial charge in [0.1, 0.15) is 0 Å². The summed E-state index contributed by atoms with van der Waals surface area (Å²) < 4.78 is 0. The van der Waals surface area contributed by atoms with Crippen LogP contribution in [-0.4, -0.2) is 11.5 Å². The largest absolute Gasteiger partial charge is 0.294 e. The Bertz CT molecular complexity index is 453. The van der Waals surface area contributed by atoms with Crippen LogP contribution >= 0.6 is 11.8 Å². The molecule has 0 amide bonds. The Morgan fingerprint density at radius 3 is 3.19 bits per heavy atom. The summed E-state index contributed by atoms with van der Waals surface area (Å²) in [6, 6.07) is 0. The van der Waals surface area contributed by atoms with Gasteiger partial charge in [0.15, 0.2) is 5.78 Å². The van der Waals surface area contributed by atoms with Crippen LogP contribution in [0.2, 0.25) is 0 Å². The van der Waals surface area contributed by atoms with Crippen LogP contribution in [0, 0.1) is 5.41 Å². The molecule has 0 fully saturated rings. The van der Waals surface area contributed by atoms with Crippen molar-refractivity contribution in [3.8, 4) is 0 Å². The molecule has 0 N–H and O–H groups in total. The highest BCUT2D eigenvalue weighted by molar-refractivity contribution is 8.03. The zero-order valence-electron chi connectivity index (χ0n) is 9.11. The summed E-state index contributed by atoms with van der Waals surface area (Å²) in [6.07, 6.45) is 16.2. The first kappa shape index (κ1) is 10.2. The first-order chi connectivity index (χ1) is 7.81. The summed E-state index contributed by atoms with van der Waals surface area (Å²) in [4.78, 5) is 13.1. The predicted octanol–water partition coefficient (Wildman–Crippen LogP) is 3.41. The van der Waals surface area contributed by atoms with E-state index >= 15 is 0 Å². The fourth-order valence-electron chi connectivity index (χ4n) is 2.72. The second kappa shape index (κ2) is 3.77. The minimum atomic E-state index is 0.0316. The van der Waals surface area contributed by atoms with Gasteiger partial charge in [0.25, 0.3) is 0 Å². The molecule has 0 saturated heterocycles. The lowest BCUT2D eigenvalue weighted by Gasteiger charge is -2.37. The average molecular weight is 230 g/mol. The SMILES string of the molecule is O=C1C=C2C=CC=CC23CCCC=C3SC1. The normalized spacial score (nSPS) is 32.4. The predicted molar refractivity (Wildman–Crippen MR) is 68.2 cm³/mol. The molecular weight excluding hydrogens is 216 g/mol. The molecule has 3 rings (SSSR count). The van der Waals surface area contributed by atoms with Gasteiger partial charge in [0.2, 0.25) is 0 Å². The highest BCUT2D eigenvalue weighted by Gasteiger charge is 2.39. The molecule has 0 radical (unpaired) electrons. The maximum absolute atomic E-state index is 11.7. The number of rotatable bonds is 0. The van der Waals surface area contributed by atoms with E-state index in [0.29, 0.717) is 5.75 Å². The number of thioether (sulfide) groups is 1. The van der Waals surface area contributed by atoms with Crippen LogP contribution in [0.4, 0.5) is 0 Å². The lowest BCUT2D eigenvalue weighted by atomic mass is 9.70. The molecule has 0 aromatic rings. The van der Waals surface area contributed by atoms with Crippen LogP contribution in [0.15, 0.2) is 46.9 Å². The Kier molecular flexibility index (Phi) is 2.40. The van der Waals surface area contributed by atoms with Crippen LogP contribution in [0.1, 0.15) is 19.3 Å². The molecule has 0 saturated carbocycles. The Balaban J connectivity index is 2.17. The van der Waals surface area contributed by atoms with Crippen molar-refractivity contribution in [1.82, 2.24) is 0 Å². The van der Waals surface area contributed by atoms with Crippen molar-refractivity contribution in [2.45, 2.75) is 19.3 Å². The smallest absolute Gasteiger partial charge is 0.166 e. The van der Waals surface area contributed by atoms with Gasteiger partial charge in [-0.05, 0) is 35.8 Å². The van der Waals surface area contributed by atoms with E-state index in [2.05, 4.69) is 24.3 Å². The van der Waals surface area contributed by atoms with Gasteiger partial charge < -0.3 is 0 Å². The van der Waals surface area contributed by atoms with Gasteiger partial charge in [-0.2, -0.15) is 0 Å². The Morgan fingerprint density at radius 1 is 1.31 bits per heavy atom. The Hall–Kier alpha value is -1.02. The van der Waals surface area contributed by atoms with Gasteiger partial charge in [-0.1, -0.05) is 30.4 Å². The first-order valence-electron chi connectivity index (χ1n) is 5.76. The zero-order chi connectivity index (χ0) is 11.0. The van der Waals surface area contributed by atoms with Crippen molar-refractivity contribution in [1.29, 1.82) is 0 Å². The molecule has 3 aliphatic rings. The molecule has 1 unspecified atom stereocenters. The number of hydrogen-bond donors (Lipinski definition) is 0. The van der Waals surface area contributed by atoms with E-state index in [4.69, 9.17) is 0 Å². The monoisotopic (exact) mass is 230 g/mol. The lowest BCUT2D eigenvalue weighted by Crippen LogP contribution is -2.24. The molecular formula is C14H14OS. The molecule has 16 heavy (non-hydrogen) atoms. The van der Waals surface area contributed by atoms with Crippen molar-refractivity contribution in [2.24, 2.45) is 5.41 Å². The van der Waals surface area contributed by atoms with Crippen molar-refractivity contribution in [2.75, 3.05) is 5.75 Å². The quantitative estimate of drug-likeness (QED) is 0.634. The van der Waals surface area contributed by atoms with Crippen molar-refractivity contribution in [3.05, 3.63) is 46.9 Å². The number of hydrogen-bond acceptors (Lipinski definition) is 2. The molecule has 2 aliphatic carbocycles. The summed E-state index contributed by atoms with van der Waals surface area (Å²) in [5.74, 6) is 0.841. The van der Waals surface area contributed by atoms with E-state index in [-0.39, 0.29) is 11.2 Å². The minimum Gasteiger partial charge on any atom is -0.294 e. The van der Waals surface area contributed by atoms with E-state index in [1.807, 2.05) is 12.2 Å². The second-order valence-corrected chi connectivity index (χ2v) is 5.52. The molecule has 82 valence electrons. The topological polar surface area (TPSA) is 17.1 Å². The zero-order valence-corrected chi connectivity index (χ0v) is 9.93. The summed E-state index contributed by atoms with van der Waals surface area (Å²) in [5.41, 5.74) is 1.22. The average Bonchev–Trinajstić information content (AvgIpc) is 2.45. The highest BCUT2D eigenvalue weighted by Crippen LogP contribution is 2.52. The summed E-state index contributed by atoms with van der Waals surface area (Å²) >= 11 is 1.73. The summed E-state index contributed by atoms with van der Waals surface area (Å²) in [6.45, 7) is 0. The van der Waals surface area contributed by atoms with E-state index in [0.717, 1.165) is 12.8 Å². The molecule has 1 spiro atoms. The van der Waals surface area contributed by atoms with Crippen LogP contribution in [0.25, 0.3) is 0 Å². The van der Waals surface area contributed by atoms with Gasteiger partial charge in [-0.25, -0.2) is 0 Å². The van der Waals surface area contributed by atoms with E-state index in [1.54, 1.807) is 11.8 Å². The molecule has 1 atom stereocenters. The van der Waals surface area contributed by atoms with Crippen LogP contribution in [0.5, 0.6) is 0 Å². The fraction of sp³-hybridized carbons (Fsp3) is 0.357. The van der Waals surface area contributed by atoms with E-state index in [9.17, 15) is 4.79 Å². The van der Waals surface area contributed by atoms with Gasteiger partial charge in [-0.3, -0.25) is 4.79 Å². The molecule has 1 aliphatic heterocycles. The van der Waals surface area contributed by atoms with Gasteiger partial charge in [-0.15, -0.1) is 11.8 Å². The van der Waals surface area contributed by atoms with Crippen LogP contribution < -0.4 is 0 Å². The van der Waals surface area contributed by atoms with Crippen LogP contribution in [-0.2, 0) is 4.79 Å². The Morgan fingerprint density at radius 2 is 2.25 bits per heavy atom. The number of ketones is 1. The Labute approximate surface area is 100.0 Å². The van der Waals surface area contributed by atoms with Crippen molar-refractivity contribution < 1.29 is 4.79 Å². The van der Waals surface area contributed by atoms with E-state index in [1.165, 1.54) is 16.9 Å². The third-order valence-corrected chi connectivity index (χ3v) is 4.78. The third kappa shape index (κ3) is 1.44. The summed E-state index contributed by atoms with van der Waals surface area (Å²) in [5, 5.41) is 0. The molecule has 1 nitrogen and oxygen atoms in total. The van der Waals surface area contributed by atoms with Crippen LogP contribution in [0.3, 0.4) is 0 Å². The lowest BCUT2D eigenvalue weighted by molar-refractivity contribution is -0.112. The van der Waals surface area contributed by atoms with Crippen molar-refractivity contribution >= 4 is 17.5 Å². The third-order valence-electron chi connectivity index (χ3n) is 3.51. The standard InChI is InChI=1S/C14H14OS/c15-12-9-11-5-1-3-7-14(11)8-4-2-6-13(14)16-10-12/h1,3,5-7,9H,2,4,8,10H2. The maximum atomic E-state index is 11.7. The molecule has 0 bridgehead atoms. The van der Waals surface area contributed by atoms with Crippen molar-refractivity contribution in [3.63, 3.8) is 0 Å². The molecule has 0 aromatic carbocycles. The first-order valence-corrected chi connectivity index (χ1v) is 6.74. The van der Waals surface area contributed by atoms with Gasteiger partial charge >= 0.3 is 0 Å². The van der Waals surface area contributed by atoms with E-state index < -0.39 is 0 Å². The summed E-state index contributed by atoms with van der Waals surface area (Å²) in [7, 11) is 0. The second-order valence-electron chi connectivity index (χ2n) is 4.50. The van der Waals surface area contributed by atoms with Gasteiger partial charge in [0, 0.05) is 5.41 Å².